The number of sulfonamides is 1. The largest absolute Gasteiger partial charge is 0.244 e. The highest BCUT2D eigenvalue weighted by molar-refractivity contribution is 9.10. The van der Waals surface area contributed by atoms with E-state index in [1.54, 1.807) is 6.92 Å². The monoisotopic (exact) mass is 394 g/mol. The lowest BCUT2D eigenvalue weighted by atomic mass is 10.4. The molecule has 1 aromatic carbocycles. The molecule has 9 heteroatoms. The Morgan fingerprint density at radius 3 is 2.38 bits per heavy atom. The van der Waals surface area contributed by atoms with E-state index in [1.807, 2.05) is 6.07 Å². The van der Waals surface area contributed by atoms with Crippen molar-refractivity contribution in [1.29, 1.82) is 5.26 Å². The topological polar surface area (TPSA) is 95.3 Å². The molecule has 21 heavy (non-hydrogen) atoms. The van der Waals surface area contributed by atoms with E-state index >= 15 is 0 Å². The lowest BCUT2D eigenvalue weighted by Gasteiger charge is -2.20. The van der Waals surface area contributed by atoms with E-state index in [2.05, 4.69) is 15.9 Å². The average molecular weight is 395 g/mol. The molecule has 0 aliphatic heterocycles. The van der Waals surface area contributed by atoms with Crippen LogP contribution in [0.4, 0.5) is 0 Å². The fourth-order valence-corrected chi connectivity index (χ4v) is 4.80. The Kier molecular flexibility index (Phi) is 5.92. The van der Waals surface area contributed by atoms with E-state index in [-0.39, 0.29) is 33.8 Å². The number of nitrogens with zero attached hydrogens (tertiary/aromatic N) is 2. The predicted octanol–water partition coefficient (Wildman–Crippen LogP) is 1.78. The van der Waals surface area contributed by atoms with E-state index in [0.29, 0.717) is 0 Å². The molecule has 0 aromatic heterocycles. The molecule has 0 radical (unpaired) electrons. The third-order valence-corrected chi connectivity index (χ3v) is 6.85. The van der Waals surface area contributed by atoms with Crippen molar-refractivity contribution in [1.82, 2.24) is 4.31 Å². The van der Waals surface area contributed by atoms with E-state index in [9.17, 15) is 16.8 Å². The number of sulfone groups is 1. The summed E-state index contributed by atoms with van der Waals surface area (Å²) < 4.78 is 49.7. The van der Waals surface area contributed by atoms with E-state index in [4.69, 9.17) is 5.26 Å². The zero-order valence-electron chi connectivity index (χ0n) is 11.6. The summed E-state index contributed by atoms with van der Waals surface area (Å²) in [6.07, 6.45) is 1.08. The highest BCUT2D eigenvalue weighted by Crippen LogP contribution is 2.28. The first-order valence-electron chi connectivity index (χ1n) is 6.01. The Morgan fingerprint density at radius 2 is 1.90 bits per heavy atom. The maximum absolute atomic E-state index is 12.6. The van der Waals surface area contributed by atoms with Crippen molar-refractivity contribution in [3.8, 4) is 6.07 Å². The minimum Gasteiger partial charge on any atom is -0.224 e. The fraction of sp³-hybridized carbons (Fsp3) is 0.417. The molecular weight excluding hydrogens is 380 g/mol. The van der Waals surface area contributed by atoms with Gasteiger partial charge in [0.15, 0.2) is 9.84 Å². The molecule has 0 spiro atoms. The maximum Gasteiger partial charge on any atom is 0.244 e. The predicted molar refractivity (Wildman–Crippen MR) is 81.9 cm³/mol. The maximum atomic E-state index is 12.6. The van der Waals surface area contributed by atoms with Crippen LogP contribution in [0.5, 0.6) is 0 Å². The van der Waals surface area contributed by atoms with E-state index < -0.39 is 19.9 Å². The van der Waals surface area contributed by atoms with Crippen LogP contribution >= 0.6 is 15.9 Å². The first-order chi connectivity index (χ1) is 9.64. The Balaban J connectivity index is 3.40. The van der Waals surface area contributed by atoms with Crippen LogP contribution in [0.3, 0.4) is 0 Å². The third-order valence-electron chi connectivity index (χ3n) is 2.77. The standard InChI is InChI=1S/C12H15BrN2O4S2/c1-3-15(8-4-7-14)21(18,19)12-9-10(20(2,16)17)5-6-11(12)13/h5-6,9H,3-4,8H2,1-2H3. The summed E-state index contributed by atoms with van der Waals surface area (Å²) in [5, 5.41) is 8.59. The van der Waals surface area contributed by atoms with Crippen molar-refractivity contribution in [2.45, 2.75) is 23.1 Å². The molecule has 0 saturated heterocycles. The number of halogens is 1. The Morgan fingerprint density at radius 1 is 1.29 bits per heavy atom. The molecular formula is C12H15BrN2O4S2. The molecule has 0 N–H and O–H groups in total. The van der Waals surface area contributed by atoms with Gasteiger partial charge in [0.25, 0.3) is 0 Å². The molecule has 116 valence electrons. The molecule has 6 nitrogen and oxygen atoms in total. The zero-order chi connectivity index (χ0) is 16.3. The molecule has 0 saturated carbocycles. The first-order valence-corrected chi connectivity index (χ1v) is 10.1. The van der Waals surface area contributed by atoms with Gasteiger partial charge >= 0.3 is 0 Å². The lowest BCUT2D eigenvalue weighted by molar-refractivity contribution is 0.434. The molecule has 0 unspecified atom stereocenters. The van der Waals surface area contributed by atoms with Gasteiger partial charge < -0.3 is 0 Å². The van der Waals surface area contributed by atoms with Gasteiger partial charge in [0.05, 0.1) is 15.9 Å². The smallest absolute Gasteiger partial charge is 0.224 e. The number of benzene rings is 1. The highest BCUT2D eigenvalue weighted by atomic mass is 79.9. The van der Waals surface area contributed by atoms with Crippen LogP contribution < -0.4 is 0 Å². The van der Waals surface area contributed by atoms with Gasteiger partial charge in [0.1, 0.15) is 0 Å². The number of nitriles is 1. The Hall–Kier alpha value is -0.950. The van der Waals surface area contributed by atoms with Gasteiger partial charge in [-0.2, -0.15) is 9.57 Å². The van der Waals surface area contributed by atoms with E-state index in [1.165, 1.54) is 12.1 Å². The molecule has 0 atom stereocenters. The van der Waals surface area contributed by atoms with Gasteiger partial charge in [-0.05, 0) is 34.1 Å². The summed E-state index contributed by atoms with van der Waals surface area (Å²) in [4.78, 5) is -0.189. The second-order valence-corrected chi connectivity index (χ2v) is 9.05. The van der Waals surface area contributed by atoms with Gasteiger partial charge in [-0.3, -0.25) is 0 Å². The molecule has 0 aliphatic carbocycles. The Bertz CT molecular complexity index is 767. The summed E-state index contributed by atoms with van der Waals surface area (Å²) >= 11 is 3.13. The van der Waals surface area contributed by atoms with Crippen LogP contribution in [0.15, 0.2) is 32.5 Å². The normalized spacial score (nSPS) is 12.3. The molecule has 1 aromatic rings. The van der Waals surface area contributed by atoms with Gasteiger partial charge in [-0.15, -0.1) is 0 Å². The fourth-order valence-electron chi connectivity index (χ4n) is 1.67. The number of hydrogen-bond acceptors (Lipinski definition) is 5. The van der Waals surface area contributed by atoms with Crippen LogP contribution in [0.1, 0.15) is 13.3 Å². The van der Waals surface area contributed by atoms with Crippen molar-refractivity contribution in [2.24, 2.45) is 0 Å². The molecule has 0 heterocycles. The van der Waals surface area contributed by atoms with Crippen molar-refractivity contribution in [3.63, 3.8) is 0 Å². The van der Waals surface area contributed by atoms with Crippen LogP contribution in [-0.2, 0) is 19.9 Å². The average Bonchev–Trinajstić information content (AvgIpc) is 2.38. The van der Waals surface area contributed by atoms with E-state index in [0.717, 1.165) is 16.6 Å². The minimum absolute atomic E-state index is 0.0604. The van der Waals surface area contributed by atoms with Gasteiger partial charge in [0.2, 0.25) is 10.0 Å². The molecule has 0 fully saturated rings. The van der Waals surface area contributed by atoms with Gasteiger partial charge in [-0.1, -0.05) is 6.92 Å². The molecule has 0 aliphatic rings. The van der Waals surface area contributed by atoms with Crippen LogP contribution in [0.25, 0.3) is 0 Å². The summed E-state index contributed by atoms with van der Waals surface area (Å²) in [6.45, 7) is 1.91. The quantitative estimate of drug-likeness (QED) is 0.732. The lowest BCUT2D eigenvalue weighted by Crippen LogP contribution is -2.32. The van der Waals surface area contributed by atoms with Crippen molar-refractivity contribution in [3.05, 3.63) is 22.7 Å². The third kappa shape index (κ3) is 4.26. The van der Waals surface area contributed by atoms with Crippen LogP contribution in [0.2, 0.25) is 0 Å². The number of hydrogen-bond donors (Lipinski definition) is 0. The first kappa shape index (κ1) is 18.1. The van der Waals surface area contributed by atoms with Crippen LogP contribution in [0, 0.1) is 11.3 Å². The molecule has 1 rings (SSSR count). The summed E-state index contributed by atoms with van der Waals surface area (Å²) in [7, 11) is -7.37. The minimum atomic E-state index is -3.87. The second kappa shape index (κ2) is 6.87. The number of rotatable bonds is 6. The van der Waals surface area contributed by atoms with Crippen molar-refractivity contribution < 1.29 is 16.8 Å². The second-order valence-electron chi connectivity index (χ2n) is 4.27. The zero-order valence-corrected chi connectivity index (χ0v) is 14.8. The summed E-state index contributed by atoms with van der Waals surface area (Å²) in [5.74, 6) is 0. The molecule has 0 bridgehead atoms. The van der Waals surface area contributed by atoms with Crippen molar-refractivity contribution in [2.75, 3.05) is 19.3 Å². The van der Waals surface area contributed by atoms with Crippen molar-refractivity contribution >= 4 is 35.8 Å². The highest BCUT2D eigenvalue weighted by Gasteiger charge is 2.26. The molecule has 0 amide bonds. The van der Waals surface area contributed by atoms with Gasteiger partial charge in [0, 0.05) is 30.2 Å². The summed E-state index contributed by atoms with van der Waals surface area (Å²) in [6, 6.07) is 5.75. The van der Waals surface area contributed by atoms with Gasteiger partial charge in [-0.25, -0.2) is 16.8 Å². The van der Waals surface area contributed by atoms with Crippen LogP contribution in [-0.4, -0.2) is 40.5 Å². The summed E-state index contributed by atoms with van der Waals surface area (Å²) in [5.41, 5.74) is 0. The SMILES string of the molecule is CCN(CCC#N)S(=O)(=O)c1cc(S(C)(=O)=O)ccc1Br. The Labute approximate surface area is 133 Å².